The van der Waals surface area contributed by atoms with Gasteiger partial charge in [-0.25, -0.2) is 0 Å². The zero-order valence-corrected chi connectivity index (χ0v) is 10.6. The van der Waals surface area contributed by atoms with E-state index in [9.17, 15) is 0 Å². The molecule has 1 unspecified atom stereocenters. The van der Waals surface area contributed by atoms with E-state index in [1.165, 1.54) is 10.9 Å². The van der Waals surface area contributed by atoms with Gasteiger partial charge in [-0.15, -0.1) is 0 Å². The largest absolute Gasteiger partial charge is 0.371 e. The van der Waals surface area contributed by atoms with Crippen molar-refractivity contribution in [2.45, 2.75) is 19.4 Å². The van der Waals surface area contributed by atoms with Crippen LogP contribution in [0.5, 0.6) is 0 Å². The summed E-state index contributed by atoms with van der Waals surface area (Å²) in [5, 5.41) is 4.58. The van der Waals surface area contributed by atoms with Crippen LogP contribution >= 0.6 is 0 Å². The smallest absolute Gasteiger partial charge is 0.112 e. The Morgan fingerprint density at radius 3 is 3.11 bits per heavy atom. The Bertz CT molecular complexity index is 545. The second-order valence-electron chi connectivity index (χ2n) is 4.85. The Labute approximate surface area is 107 Å². The zero-order valence-electron chi connectivity index (χ0n) is 10.6. The molecule has 94 valence electrons. The summed E-state index contributed by atoms with van der Waals surface area (Å²) in [4.78, 5) is 4.74. The molecule has 2 heterocycles. The molecule has 1 N–H and O–H groups in total. The number of benzene rings is 1. The Morgan fingerprint density at radius 1 is 1.28 bits per heavy atom. The predicted molar refractivity (Wildman–Crippen MR) is 72.7 cm³/mol. The van der Waals surface area contributed by atoms with E-state index in [0.29, 0.717) is 0 Å². The van der Waals surface area contributed by atoms with Gasteiger partial charge in [0.25, 0.3) is 0 Å². The van der Waals surface area contributed by atoms with Crippen molar-refractivity contribution in [3.8, 4) is 0 Å². The fourth-order valence-corrected chi connectivity index (χ4v) is 2.33. The highest BCUT2D eigenvalue weighted by molar-refractivity contribution is 5.79. The first kappa shape index (κ1) is 11.6. The second kappa shape index (κ2) is 5.04. The van der Waals surface area contributed by atoms with Crippen molar-refractivity contribution in [1.29, 1.82) is 0 Å². The zero-order chi connectivity index (χ0) is 12.4. The topological polar surface area (TPSA) is 34.1 Å². The molecule has 3 heteroatoms. The maximum Gasteiger partial charge on any atom is 0.112 e. The average Bonchev–Trinajstić information content (AvgIpc) is 2.66. The van der Waals surface area contributed by atoms with Crippen molar-refractivity contribution < 1.29 is 4.74 Å². The molecule has 1 aliphatic heterocycles. The van der Waals surface area contributed by atoms with Gasteiger partial charge in [0.2, 0.25) is 0 Å². The third-order valence-electron chi connectivity index (χ3n) is 3.35. The van der Waals surface area contributed by atoms with Crippen molar-refractivity contribution in [3.63, 3.8) is 0 Å². The van der Waals surface area contributed by atoms with Crippen molar-refractivity contribution in [3.05, 3.63) is 41.6 Å². The van der Waals surface area contributed by atoms with Gasteiger partial charge in [-0.2, -0.15) is 0 Å². The highest BCUT2D eigenvalue weighted by Gasteiger charge is 2.16. The van der Waals surface area contributed by atoms with Gasteiger partial charge in [0.1, 0.15) is 6.10 Å². The molecular formula is C15H18N2O. The highest BCUT2D eigenvalue weighted by Crippen LogP contribution is 2.21. The molecule has 0 aliphatic carbocycles. The number of hydrogen-bond donors (Lipinski definition) is 1. The molecule has 1 fully saturated rings. The maximum absolute atomic E-state index is 5.84. The first-order valence-electron chi connectivity index (χ1n) is 6.52. The van der Waals surface area contributed by atoms with E-state index in [1.54, 1.807) is 0 Å². The molecule has 18 heavy (non-hydrogen) atoms. The molecule has 2 aromatic rings. The number of nitrogens with zero attached hydrogens (tertiary/aromatic N) is 1. The van der Waals surface area contributed by atoms with Crippen LogP contribution in [0.15, 0.2) is 30.3 Å². The third-order valence-corrected chi connectivity index (χ3v) is 3.35. The van der Waals surface area contributed by atoms with Crippen molar-refractivity contribution in [1.82, 2.24) is 10.3 Å². The number of fused-ring (bicyclic) bond motifs is 1. The highest BCUT2D eigenvalue weighted by atomic mass is 16.5. The summed E-state index contributed by atoms with van der Waals surface area (Å²) in [6.07, 6.45) is 1.15. The number of pyridine rings is 1. The van der Waals surface area contributed by atoms with Crippen LogP contribution in [0.1, 0.15) is 23.8 Å². The van der Waals surface area contributed by atoms with Crippen LogP contribution in [0.4, 0.5) is 0 Å². The van der Waals surface area contributed by atoms with E-state index in [2.05, 4.69) is 42.6 Å². The van der Waals surface area contributed by atoms with E-state index in [0.717, 1.165) is 37.3 Å². The van der Waals surface area contributed by atoms with Gasteiger partial charge in [-0.05, 0) is 37.6 Å². The summed E-state index contributed by atoms with van der Waals surface area (Å²) in [5.41, 5.74) is 3.33. The normalized spacial score (nSPS) is 20.8. The van der Waals surface area contributed by atoms with Crippen molar-refractivity contribution in [2.75, 3.05) is 19.7 Å². The number of rotatable bonds is 1. The molecule has 3 rings (SSSR count). The summed E-state index contributed by atoms with van der Waals surface area (Å²) in [6, 6.07) is 10.6. The summed E-state index contributed by atoms with van der Waals surface area (Å²) in [7, 11) is 0. The van der Waals surface area contributed by atoms with Gasteiger partial charge in [-0.1, -0.05) is 18.2 Å². The summed E-state index contributed by atoms with van der Waals surface area (Å²) >= 11 is 0. The number of ether oxygens (including phenoxy) is 1. The van der Waals surface area contributed by atoms with Gasteiger partial charge in [0.15, 0.2) is 0 Å². The van der Waals surface area contributed by atoms with Gasteiger partial charge in [0, 0.05) is 18.5 Å². The van der Waals surface area contributed by atoms with Crippen LogP contribution < -0.4 is 5.32 Å². The molecule has 0 saturated carbocycles. The van der Waals surface area contributed by atoms with Gasteiger partial charge < -0.3 is 10.1 Å². The number of aryl methyl sites for hydroxylation is 1. The average molecular weight is 242 g/mol. The third kappa shape index (κ3) is 2.37. The van der Waals surface area contributed by atoms with Crippen LogP contribution in [-0.4, -0.2) is 24.7 Å². The van der Waals surface area contributed by atoms with Crippen LogP contribution in [0.25, 0.3) is 10.9 Å². The molecule has 1 aliphatic rings. The molecule has 3 nitrogen and oxygen atoms in total. The summed E-state index contributed by atoms with van der Waals surface area (Å²) in [5.74, 6) is 0. The molecule has 0 bridgehead atoms. The number of nitrogens with one attached hydrogen (secondary N) is 1. The SMILES string of the molecule is Cc1ccc2ccc(C3CNCCCO3)nc2c1. The summed E-state index contributed by atoms with van der Waals surface area (Å²) in [6.45, 7) is 4.79. The van der Waals surface area contributed by atoms with E-state index in [-0.39, 0.29) is 6.10 Å². The lowest BCUT2D eigenvalue weighted by Crippen LogP contribution is -2.20. The fourth-order valence-electron chi connectivity index (χ4n) is 2.33. The summed E-state index contributed by atoms with van der Waals surface area (Å²) < 4.78 is 5.84. The monoisotopic (exact) mass is 242 g/mol. The number of aromatic nitrogens is 1. The fraction of sp³-hybridized carbons (Fsp3) is 0.400. The molecule has 0 radical (unpaired) electrons. The van der Waals surface area contributed by atoms with Crippen molar-refractivity contribution in [2.24, 2.45) is 0 Å². The van der Waals surface area contributed by atoms with Crippen LogP contribution in [0.2, 0.25) is 0 Å². The van der Waals surface area contributed by atoms with Crippen LogP contribution in [0.3, 0.4) is 0 Å². The molecule has 1 atom stereocenters. The minimum atomic E-state index is 0.0809. The van der Waals surface area contributed by atoms with Gasteiger partial charge in [0.05, 0.1) is 11.2 Å². The van der Waals surface area contributed by atoms with Crippen LogP contribution in [0, 0.1) is 6.92 Å². The maximum atomic E-state index is 5.84. The van der Waals surface area contributed by atoms with E-state index < -0.39 is 0 Å². The minimum absolute atomic E-state index is 0.0809. The number of hydrogen-bond acceptors (Lipinski definition) is 3. The first-order valence-corrected chi connectivity index (χ1v) is 6.52. The lowest BCUT2D eigenvalue weighted by Gasteiger charge is -2.15. The Kier molecular flexibility index (Phi) is 3.26. The lowest BCUT2D eigenvalue weighted by molar-refractivity contribution is 0.0641. The molecule has 0 spiro atoms. The molecule has 1 aromatic carbocycles. The standard InChI is InChI=1S/C15H18N2O/c1-11-3-4-12-5-6-13(17-14(12)9-11)15-10-16-7-2-8-18-15/h3-6,9,15-16H,2,7-8,10H2,1H3. The second-order valence-corrected chi connectivity index (χ2v) is 4.85. The van der Waals surface area contributed by atoms with E-state index in [1.807, 2.05) is 0 Å². The molecule has 1 saturated heterocycles. The first-order chi connectivity index (χ1) is 8.83. The van der Waals surface area contributed by atoms with Crippen molar-refractivity contribution >= 4 is 10.9 Å². The van der Waals surface area contributed by atoms with Crippen LogP contribution in [-0.2, 0) is 4.74 Å². The Morgan fingerprint density at radius 2 is 2.17 bits per heavy atom. The van der Waals surface area contributed by atoms with E-state index in [4.69, 9.17) is 9.72 Å². The van der Waals surface area contributed by atoms with Gasteiger partial charge in [-0.3, -0.25) is 4.98 Å². The molecular weight excluding hydrogens is 224 g/mol. The minimum Gasteiger partial charge on any atom is -0.371 e. The lowest BCUT2D eigenvalue weighted by atomic mass is 10.1. The quantitative estimate of drug-likeness (QED) is 0.834. The Hall–Kier alpha value is -1.45. The van der Waals surface area contributed by atoms with Gasteiger partial charge >= 0.3 is 0 Å². The Balaban J connectivity index is 1.96. The van der Waals surface area contributed by atoms with E-state index >= 15 is 0 Å². The molecule has 0 amide bonds. The predicted octanol–water partition coefficient (Wildman–Crippen LogP) is 2.59. The molecule has 1 aromatic heterocycles.